The molecule has 0 unspecified atom stereocenters. The highest BCUT2D eigenvalue weighted by molar-refractivity contribution is 5.99. The first-order valence-electron chi connectivity index (χ1n) is 16.9. The lowest BCUT2D eigenvalue weighted by Gasteiger charge is -2.10. The molecule has 14 nitrogen and oxygen atoms in total. The van der Waals surface area contributed by atoms with E-state index in [-0.39, 0.29) is 48.7 Å². The zero-order valence-corrected chi connectivity index (χ0v) is 28.6. The van der Waals surface area contributed by atoms with Crippen LogP contribution in [0.4, 0.5) is 23.3 Å². The maximum absolute atomic E-state index is 12.2. The Morgan fingerprint density at radius 1 is 0.692 bits per heavy atom. The van der Waals surface area contributed by atoms with Crippen LogP contribution in [0.1, 0.15) is 24.0 Å². The van der Waals surface area contributed by atoms with Crippen molar-refractivity contribution in [3.8, 4) is 22.5 Å². The Morgan fingerprint density at radius 2 is 1.12 bits per heavy atom. The molecule has 6 aromatic rings. The first kappa shape index (κ1) is 34.3. The maximum Gasteiger partial charge on any atom is 0.229 e. The largest absolute Gasteiger partial charge is 0.396 e. The van der Waals surface area contributed by atoms with Crippen LogP contribution in [0, 0.1) is 37.5 Å². The van der Waals surface area contributed by atoms with Gasteiger partial charge in [0.2, 0.25) is 11.8 Å². The molecule has 264 valence electrons. The number of aliphatic hydroxyl groups excluding tert-OH is 2. The number of hydrogen-bond donors (Lipinski definition) is 6. The Bertz CT molecular complexity index is 2170. The SMILES string of the molecule is Cc1ccncc1-c1cc2cc(NC(=O)[C@@H]3C[C@H]3CO)ncc2c(N)n1.Cc1ccncc1-c1cc2cc(NC(=O)[C@H]3C[C@@H]3CO)ncc2c(N)n1. The number of aryl methyl sites for hydroxylation is 2. The molecule has 2 fully saturated rings. The van der Waals surface area contributed by atoms with Gasteiger partial charge in [-0.25, -0.2) is 19.9 Å². The normalized spacial score (nSPS) is 18.7. The molecule has 14 heteroatoms. The second-order valence-corrected chi connectivity index (χ2v) is 13.3. The summed E-state index contributed by atoms with van der Waals surface area (Å²) in [7, 11) is 0. The molecule has 0 radical (unpaired) electrons. The minimum atomic E-state index is -0.131. The first-order chi connectivity index (χ1) is 25.1. The van der Waals surface area contributed by atoms with Crippen LogP contribution >= 0.6 is 0 Å². The monoisotopic (exact) mass is 698 g/mol. The van der Waals surface area contributed by atoms with Crippen molar-refractivity contribution >= 4 is 56.6 Å². The fourth-order valence-electron chi connectivity index (χ4n) is 6.20. The number of nitrogen functional groups attached to an aromatic ring is 2. The lowest BCUT2D eigenvalue weighted by atomic mass is 10.1. The Balaban J connectivity index is 0.000000162. The fraction of sp³-hybridized carbons (Fsp3) is 0.263. The number of anilines is 4. The van der Waals surface area contributed by atoms with E-state index in [4.69, 9.17) is 21.7 Å². The lowest BCUT2D eigenvalue weighted by Crippen LogP contribution is -2.16. The van der Waals surface area contributed by atoms with Gasteiger partial charge in [0, 0.05) is 84.1 Å². The van der Waals surface area contributed by atoms with E-state index in [1.54, 1.807) is 49.3 Å². The number of pyridine rings is 6. The molecule has 0 spiro atoms. The Morgan fingerprint density at radius 3 is 1.48 bits per heavy atom. The average molecular weight is 699 g/mol. The summed E-state index contributed by atoms with van der Waals surface area (Å²) in [5.41, 5.74) is 17.6. The Kier molecular flexibility index (Phi) is 9.41. The molecule has 8 rings (SSSR count). The van der Waals surface area contributed by atoms with E-state index in [1.807, 2.05) is 38.1 Å². The van der Waals surface area contributed by atoms with E-state index >= 15 is 0 Å². The molecule has 2 aliphatic rings. The van der Waals surface area contributed by atoms with Gasteiger partial charge in [0.15, 0.2) is 0 Å². The molecule has 6 aromatic heterocycles. The Labute approximate surface area is 298 Å². The number of hydrogen-bond acceptors (Lipinski definition) is 12. The summed E-state index contributed by atoms with van der Waals surface area (Å²) in [6.45, 7) is 4.06. The van der Waals surface area contributed by atoms with Crippen LogP contribution in [0.5, 0.6) is 0 Å². The molecule has 8 N–H and O–H groups in total. The van der Waals surface area contributed by atoms with Gasteiger partial charge in [0.05, 0.1) is 11.4 Å². The molecule has 0 bridgehead atoms. The van der Waals surface area contributed by atoms with Crippen molar-refractivity contribution in [1.29, 1.82) is 0 Å². The number of rotatable bonds is 8. The second-order valence-electron chi connectivity index (χ2n) is 13.3. The summed E-state index contributed by atoms with van der Waals surface area (Å²) in [6, 6.07) is 11.3. The molecule has 2 amide bonds. The molecule has 2 aliphatic carbocycles. The molecule has 0 saturated heterocycles. The summed E-state index contributed by atoms with van der Waals surface area (Å²) in [5, 5.41) is 27.0. The van der Waals surface area contributed by atoms with E-state index in [0.29, 0.717) is 23.3 Å². The van der Waals surface area contributed by atoms with Crippen molar-refractivity contribution < 1.29 is 19.8 Å². The number of carbonyl (C=O) groups excluding carboxylic acids is 2. The Hall–Kier alpha value is -6.12. The average Bonchev–Trinajstić information content (AvgIpc) is 4.07. The summed E-state index contributed by atoms with van der Waals surface area (Å²) in [5.74, 6) is 1.34. The highest BCUT2D eigenvalue weighted by atomic mass is 16.3. The molecule has 0 aromatic carbocycles. The fourth-order valence-corrected chi connectivity index (χ4v) is 6.20. The van der Waals surface area contributed by atoms with E-state index in [0.717, 1.165) is 68.0 Å². The number of carbonyl (C=O) groups is 2. The van der Waals surface area contributed by atoms with E-state index in [1.165, 1.54) is 0 Å². The topological polar surface area (TPSA) is 228 Å². The zero-order chi connectivity index (χ0) is 36.5. The number of nitrogens with zero attached hydrogens (tertiary/aromatic N) is 6. The molecule has 2 saturated carbocycles. The van der Waals surface area contributed by atoms with E-state index in [9.17, 15) is 9.59 Å². The number of nitrogens with one attached hydrogen (secondary N) is 2. The highest BCUT2D eigenvalue weighted by Crippen LogP contribution is 2.40. The minimum absolute atomic E-state index is 0.0409. The van der Waals surface area contributed by atoms with Crippen molar-refractivity contribution in [1.82, 2.24) is 29.9 Å². The molecular formula is C38H38N10O4. The molecule has 52 heavy (non-hydrogen) atoms. The van der Waals surface area contributed by atoms with Crippen LogP contribution in [0.25, 0.3) is 44.1 Å². The van der Waals surface area contributed by atoms with Crippen molar-refractivity contribution in [2.45, 2.75) is 26.7 Å². The van der Waals surface area contributed by atoms with Crippen molar-refractivity contribution in [3.05, 3.63) is 84.7 Å². The van der Waals surface area contributed by atoms with Crippen LogP contribution in [0.15, 0.2) is 73.6 Å². The predicted molar refractivity (Wildman–Crippen MR) is 198 cm³/mol. The summed E-state index contributed by atoms with van der Waals surface area (Å²) in [6.07, 6.45) is 11.7. The lowest BCUT2D eigenvalue weighted by molar-refractivity contribution is -0.118. The first-order valence-corrected chi connectivity index (χ1v) is 16.9. The second kappa shape index (κ2) is 14.2. The third kappa shape index (κ3) is 7.20. The molecular weight excluding hydrogens is 660 g/mol. The number of aromatic nitrogens is 6. The van der Waals surface area contributed by atoms with Crippen molar-refractivity contribution in [3.63, 3.8) is 0 Å². The summed E-state index contributed by atoms with van der Waals surface area (Å²) < 4.78 is 0. The van der Waals surface area contributed by atoms with Gasteiger partial charge < -0.3 is 32.3 Å². The number of fused-ring (bicyclic) bond motifs is 2. The number of aliphatic hydroxyl groups is 2. The van der Waals surface area contributed by atoms with Crippen LogP contribution < -0.4 is 22.1 Å². The highest BCUT2D eigenvalue weighted by Gasteiger charge is 2.43. The predicted octanol–water partition coefficient (Wildman–Crippen LogP) is 4.30. The van der Waals surface area contributed by atoms with Crippen molar-refractivity contribution in [2.75, 3.05) is 35.3 Å². The van der Waals surface area contributed by atoms with Crippen LogP contribution in [-0.4, -0.2) is 65.1 Å². The molecule has 4 atom stereocenters. The minimum Gasteiger partial charge on any atom is -0.396 e. The van der Waals surface area contributed by atoms with Gasteiger partial charge in [-0.3, -0.25) is 19.6 Å². The van der Waals surface area contributed by atoms with Gasteiger partial charge in [-0.05, 0) is 96.8 Å². The summed E-state index contributed by atoms with van der Waals surface area (Å²) in [4.78, 5) is 50.1. The van der Waals surface area contributed by atoms with Gasteiger partial charge in [0.1, 0.15) is 23.3 Å². The van der Waals surface area contributed by atoms with Gasteiger partial charge >= 0.3 is 0 Å². The van der Waals surface area contributed by atoms with Gasteiger partial charge in [0.25, 0.3) is 0 Å². The van der Waals surface area contributed by atoms with Crippen LogP contribution in [-0.2, 0) is 9.59 Å². The molecule has 6 heterocycles. The maximum atomic E-state index is 12.2. The van der Waals surface area contributed by atoms with E-state index in [2.05, 4.69) is 40.5 Å². The standard InChI is InChI=1S/2C19H19N5O2/c2*1-10-2-3-21-7-14(10)16-5-11-6-17(22-8-15(11)18(20)23-16)24-19(26)13-4-12(13)9-25/h2*2-3,5-8,12-13,25H,4,9H2,1H3,(H2,20,23)(H,22,24,26)/t2*12-,13+/m10/s1. The third-order valence-electron chi connectivity index (χ3n) is 9.61. The van der Waals surface area contributed by atoms with Gasteiger partial charge in [-0.2, -0.15) is 0 Å². The molecule has 0 aliphatic heterocycles. The quantitative estimate of drug-likeness (QED) is 0.131. The van der Waals surface area contributed by atoms with Gasteiger partial charge in [-0.1, -0.05) is 0 Å². The third-order valence-corrected chi connectivity index (χ3v) is 9.61. The van der Waals surface area contributed by atoms with Crippen LogP contribution in [0.2, 0.25) is 0 Å². The number of amides is 2. The summed E-state index contributed by atoms with van der Waals surface area (Å²) >= 11 is 0. The van der Waals surface area contributed by atoms with Crippen LogP contribution in [0.3, 0.4) is 0 Å². The smallest absolute Gasteiger partial charge is 0.229 e. The van der Waals surface area contributed by atoms with E-state index < -0.39 is 0 Å². The number of nitrogens with two attached hydrogens (primary N) is 2. The van der Waals surface area contributed by atoms with Gasteiger partial charge in [-0.15, -0.1) is 0 Å². The zero-order valence-electron chi connectivity index (χ0n) is 28.6. The van der Waals surface area contributed by atoms with Crippen molar-refractivity contribution in [2.24, 2.45) is 23.7 Å².